The lowest BCUT2D eigenvalue weighted by molar-refractivity contribution is 0.0527. The third kappa shape index (κ3) is 4.88. The van der Waals surface area contributed by atoms with Crippen molar-refractivity contribution in [1.82, 2.24) is 14.1 Å². The zero-order valence-corrected chi connectivity index (χ0v) is 22.7. The molecule has 0 saturated carbocycles. The number of hydrogen-bond acceptors (Lipinski definition) is 7. The number of hydrogen-bond donors (Lipinski definition) is 1. The molecule has 0 amide bonds. The van der Waals surface area contributed by atoms with Crippen molar-refractivity contribution in [3.05, 3.63) is 75.1 Å². The highest BCUT2D eigenvalue weighted by Crippen LogP contribution is 2.41. The Morgan fingerprint density at radius 1 is 1.38 bits per heavy atom. The van der Waals surface area contributed by atoms with E-state index in [1.54, 1.807) is 20.1 Å². The SMILES string of the molecule is [C-]#[N+]c1c(C#N)ncn1Cc1c(O)c(Br)cc2c1c(C(=O)OCC)c(CSc1cccc(OC)c1)n2C. The molecule has 2 aromatic carbocycles. The molecule has 0 aliphatic heterocycles. The van der Waals surface area contributed by atoms with Crippen molar-refractivity contribution in [3.63, 3.8) is 0 Å². The molecule has 11 heteroatoms. The molecule has 0 aliphatic rings. The van der Waals surface area contributed by atoms with Crippen molar-refractivity contribution in [3.8, 4) is 17.6 Å². The molecule has 4 rings (SSSR count). The summed E-state index contributed by atoms with van der Waals surface area (Å²) >= 11 is 4.96. The second-order valence-corrected chi connectivity index (χ2v) is 9.82. The zero-order chi connectivity index (χ0) is 26.7. The van der Waals surface area contributed by atoms with Crippen molar-refractivity contribution in [2.75, 3.05) is 13.7 Å². The fourth-order valence-corrected chi connectivity index (χ4v) is 5.60. The summed E-state index contributed by atoms with van der Waals surface area (Å²) in [6.45, 7) is 9.43. The number of rotatable bonds is 8. The van der Waals surface area contributed by atoms with Gasteiger partial charge >= 0.3 is 5.97 Å². The third-order valence-electron chi connectivity index (χ3n) is 5.88. The van der Waals surface area contributed by atoms with E-state index in [1.165, 1.54) is 22.7 Å². The highest BCUT2D eigenvalue weighted by Gasteiger charge is 2.28. The van der Waals surface area contributed by atoms with Crippen molar-refractivity contribution >= 4 is 50.4 Å². The van der Waals surface area contributed by atoms with E-state index in [1.807, 2.05) is 41.9 Å². The maximum atomic E-state index is 13.3. The number of nitriles is 1. The van der Waals surface area contributed by atoms with Crippen molar-refractivity contribution in [1.29, 1.82) is 5.26 Å². The Morgan fingerprint density at radius 2 is 2.16 bits per heavy atom. The van der Waals surface area contributed by atoms with Crippen LogP contribution in [0.15, 0.2) is 46.0 Å². The first-order chi connectivity index (χ1) is 17.8. The van der Waals surface area contributed by atoms with Gasteiger partial charge in [0.05, 0.1) is 29.3 Å². The van der Waals surface area contributed by atoms with E-state index in [0.29, 0.717) is 37.9 Å². The average molecular weight is 580 g/mol. The fraction of sp³-hybridized carbons (Fsp3) is 0.231. The predicted octanol–water partition coefficient (Wildman–Crippen LogP) is 5.79. The Hall–Kier alpha value is -3.93. The first kappa shape index (κ1) is 26.1. The van der Waals surface area contributed by atoms with E-state index in [-0.39, 0.29) is 30.4 Å². The number of phenols is 1. The summed E-state index contributed by atoms with van der Waals surface area (Å²) in [6.07, 6.45) is 1.38. The van der Waals surface area contributed by atoms with Crippen LogP contribution in [0.25, 0.3) is 15.7 Å². The van der Waals surface area contributed by atoms with Crippen LogP contribution in [-0.2, 0) is 24.1 Å². The van der Waals surface area contributed by atoms with Gasteiger partial charge in [-0.05, 0) is 47.1 Å². The van der Waals surface area contributed by atoms with Gasteiger partial charge in [0.2, 0.25) is 0 Å². The molecule has 37 heavy (non-hydrogen) atoms. The number of carbonyl (C=O) groups excluding carboxylic acids is 1. The minimum absolute atomic E-state index is 0.00483. The Morgan fingerprint density at radius 3 is 2.84 bits per heavy atom. The molecule has 1 N–H and O–H groups in total. The first-order valence-electron chi connectivity index (χ1n) is 11.1. The molecule has 0 atom stereocenters. The van der Waals surface area contributed by atoms with Gasteiger partial charge < -0.3 is 24.0 Å². The Labute approximate surface area is 226 Å². The Bertz CT molecular complexity index is 1600. The number of aromatic hydroxyl groups is 1. The fourth-order valence-electron chi connectivity index (χ4n) is 4.13. The van der Waals surface area contributed by atoms with Gasteiger partial charge in [0.1, 0.15) is 24.1 Å². The summed E-state index contributed by atoms with van der Waals surface area (Å²) in [5.74, 6) is 0.653. The van der Waals surface area contributed by atoms with Crippen LogP contribution in [0.3, 0.4) is 0 Å². The molecule has 4 aromatic rings. The van der Waals surface area contributed by atoms with Crippen molar-refractivity contribution in [2.24, 2.45) is 7.05 Å². The van der Waals surface area contributed by atoms with Crippen LogP contribution in [0.5, 0.6) is 11.5 Å². The van der Waals surface area contributed by atoms with Gasteiger partial charge in [-0.1, -0.05) is 12.6 Å². The minimum Gasteiger partial charge on any atom is -0.506 e. The maximum absolute atomic E-state index is 13.3. The molecular formula is C26H22BrN5O4S. The normalized spacial score (nSPS) is 10.8. The quantitative estimate of drug-likeness (QED) is 0.160. The lowest BCUT2D eigenvalue weighted by atomic mass is 10.0. The molecule has 2 heterocycles. The molecule has 9 nitrogen and oxygen atoms in total. The van der Waals surface area contributed by atoms with E-state index in [4.69, 9.17) is 16.0 Å². The van der Waals surface area contributed by atoms with Gasteiger partial charge in [-0.25, -0.2) is 9.78 Å². The monoisotopic (exact) mass is 579 g/mol. The van der Waals surface area contributed by atoms with E-state index >= 15 is 0 Å². The molecule has 0 spiro atoms. The summed E-state index contributed by atoms with van der Waals surface area (Å²) < 4.78 is 14.6. The number of fused-ring (bicyclic) bond motifs is 1. The number of aryl methyl sites for hydroxylation is 1. The zero-order valence-electron chi connectivity index (χ0n) is 20.3. The topological polar surface area (TPSA) is 107 Å². The largest absolute Gasteiger partial charge is 0.506 e. The Balaban J connectivity index is 1.91. The van der Waals surface area contributed by atoms with Gasteiger partial charge in [-0.2, -0.15) is 5.26 Å². The van der Waals surface area contributed by atoms with Gasteiger partial charge in [0.25, 0.3) is 5.82 Å². The summed E-state index contributed by atoms with van der Waals surface area (Å²) in [5.41, 5.74) is 2.17. The summed E-state index contributed by atoms with van der Waals surface area (Å²) in [5, 5.41) is 20.9. The van der Waals surface area contributed by atoms with Crippen molar-refractivity contribution in [2.45, 2.75) is 24.1 Å². The molecule has 0 unspecified atom stereocenters. The molecular weight excluding hydrogens is 558 g/mol. The molecule has 0 bridgehead atoms. The van der Waals surface area contributed by atoms with Crippen LogP contribution in [0, 0.1) is 17.9 Å². The summed E-state index contributed by atoms with van der Waals surface area (Å²) in [4.78, 5) is 21.7. The number of thioether (sulfide) groups is 1. The number of benzene rings is 2. The average Bonchev–Trinajstić information content (AvgIpc) is 3.43. The second-order valence-electron chi connectivity index (χ2n) is 7.92. The number of imidazole rings is 1. The van der Waals surface area contributed by atoms with Crippen LogP contribution >= 0.6 is 27.7 Å². The smallest absolute Gasteiger partial charge is 0.340 e. The van der Waals surface area contributed by atoms with Crippen LogP contribution in [-0.4, -0.2) is 38.9 Å². The van der Waals surface area contributed by atoms with Crippen LogP contribution in [0.4, 0.5) is 5.82 Å². The number of phenolic OH excluding ortho intramolecular Hbond substituents is 1. The van der Waals surface area contributed by atoms with E-state index in [0.717, 1.165) is 10.6 Å². The highest BCUT2D eigenvalue weighted by molar-refractivity contribution is 9.10. The highest BCUT2D eigenvalue weighted by atomic mass is 79.9. The lowest BCUT2D eigenvalue weighted by Crippen LogP contribution is -2.09. The number of ether oxygens (including phenoxy) is 2. The first-order valence-corrected chi connectivity index (χ1v) is 12.9. The van der Waals surface area contributed by atoms with Gasteiger partial charge in [0.15, 0.2) is 12.0 Å². The molecule has 188 valence electrons. The molecule has 0 aliphatic carbocycles. The van der Waals surface area contributed by atoms with Gasteiger partial charge in [0, 0.05) is 34.3 Å². The molecule has 0 radical (unpaired) electrons. The lowest BCUT2D eigenvalue weighted by Gasteiger charge is -2.11. The number of nitrogens with zero attached hydrogens (tertiary/aromatic N) is 5. The summed E-state index contributed by atoms with van der Waals surface area (Å²) in [6, 6.07) is 11.3. The maximum Gasteiger partial charge on any atom is 0.340 e. The van der Waals surface area contributed by atoms with E-state index in [2.05, 4.69) is 25.8 Å². The number of carbonyl (C=O) groups is 1. The van der Waals surface area contributed by atoms with Crippen LogP contribution < -0.4 is 4.74 Å². The van der Waals surface area contributed by atoms with Gasteiger partial charge in [-0.3, -0.25) is 4.57 Å². The molecule has 2 aromatic heterocycles. The van der Waals surface area contributed by atoms with E-state index < -0.39 is 5.97 Å². The Kier molecular flexibility index (Phi) is 7.77. The predicted molar refractivity (Wildman–Crippen MR) is 143 cm³/mol. The standard InChI is InChI=1S/C26H22BrN5O4S/c1-5-36-26(34)23-21(13-37-16-8-6-7-15(9-16)35-4)31(3)20-10-18(27)24(33)17(22(20)23)12-32-14-30-19(11-28)25(32)29-2/h6-10,14,33H,5,12-13H2,1,3-4H3. The molecule has 0 saturated heterocycles. The number of aromatic nitrogens is 3. The third-order valence-corrected chi connectivity index (χ3v) is 7.49. The van der Waals surface area contributed by atoms with Crippen molar-refractivity contribution < 1.29 is 19.4 Å². The van der Waals surface area contributed by atoms with Gasteiger partial charge in [-0.15, -0.1) is 11.8 Å². The van der Waals surface area contributed by atoms with Crippen LogP contribution in [0.1, 0.15) is 34.2 Å². The second kappa shape index (κ2) is 11.0. The number of esters is 1. The van der Waals surface area contributed by atoms with E-state index in [9.17, 15) is 15.2 Å². The number of methoxy groups -OCH3 is 1. The summed E-state index contributed by atoms with van der Waals surface area (Å²) in [7, 11) is 3.47. The van der Waals surface area contributed by atoms with Crippen LogP contribution in [0.2, 0.25) is 0 Å². The molecule has 0 fully saturated rings. The minimum atomic E-state index is -0.508. The number of halogens is 1.